The number of aryl methyl sites for hydroxylation is 1. The van der Waals surface area contributed by atoms with Crippen molar-refractivity contribution in [3.8, 4) is 6.07 Å². The maximum absolute atomic E-state index is 9.08. The molecule has 0 bridgehead atoms. The Labute approximate surface area is 124 Å². The average molecular weight is 276 g/mol. The van der Waals surface area contributed by atoms with E-state index >= 15 is 0 Å². The van der Waals surface area contributed by atoms with E-state index < -0.39 is 0 Å². The van der Waals surface area contributed by atoms with Gasteiger partial charge in [-0.2, -0.15) is 5.26 Å². The molecular weight excluding hydrogens is 260 g/mol. The molecule has 0 radical (unpaired) electrons. The van der Waals surface area contributed by atoms with E-state index in [0.717, 1.165) is 17.1 Å². The lowest BCUT2D eigenvalue weighted by Crippen LogP contribution is -2.05. The number of anilines is 1. The summed E-state index contributed by atoms with van der Waals surface area (Å²) in [7, 11) is 0. The van der Waals surface area contributed by atoms with Crippen LogP contribution in [0.5, 0.6) is 0 Å². The predicted molar refractivity (Wildman–Crippen MR) is 83.5 cm³/mol. The molecule has 2 aromatic rings. The molecule has 0 aliphatic heterocycles. The molecule has 0 atom stereocenters. The third kappa shape index (κ3) is 3.46. The molecule has 1 aromatic carbocycles. The van der Waals surface area contributed by atoms with Crippen LogP contribution in [0, 0.1) is 18.3 Å². The summed E-state index contributed by atoms with van der Waals surface area (Å²) in [6.45, 7) is 1.96. The number of aromatic nitrogens is 2. The van der Waals surface area contributed by atoms with Crippen LogP contribution in [0.1, 0.15) is 35.5 Å². The third-order valence-corrected chi connectivity index (χ3v) is 3.29. The first-order valence-corrected chi connectivity index (χ1v) is 7.04. The van der Waals surface area contributed by atoms with Gasteiger partial charge in [0.25, 0.3) is 0 Å². The van der Waals surface area contributed by atoms with Crippen LogP contribution >= 0.6 is 0 Å². The van der Waals surface area contributed by atoms with Gasteiger partial charge in [-0.3, -0.25) is 0 Å². The van der Waals surface area contributed by atoms with E-state index in [1.807, 2.05) is 43.3 Å². The first-order chi connectivity index (χ1) is 10.2. The SMILES string of the molecule is Cc1cc(NC2CC2)nc(/C=C/c2ccccc2C#N)n1. The molecule has 0 saturated heterocycles. The Hall–Kier alpha value is -2.67. The first kappa shape index (κ1) is 13.3. The molecule has 0 amide bonds. The van der Waals surface area contributed by atoms with Crippen molar-refractivity contribution in [1.29, 1.82) is 5.26 Å². The fourth-order valence-corrected chi connectivity index (χ4v) is 2.09. The number of nitrogens with one attached hydrogen (secondary N) is 1. The van der Waals surface area contributed by atoms with Crippen LogP contribution in [0.2, 0.25) is 0 Å². The molecular formula is C17H16N4. The van der Waals surface area contributed by atoms with Gasteiger partial charge < -0.3 is 5.32 Å². The van der Waals surface area contributed by atoms with Gasteiger partial charge in [-0.15, -0.1) is 0 Å². The number of nitriles is 1. The van der Waals surface area contributed by atoms with Crippen molar-refractivity contribution < 1.29 is 0 Å². The normalized spacial score (nSPS) is 14.1. The van der Waals surface area contributed by atoms with Crippen LogP contribution < -0.4 is 5.32 Å². The second kappa shape index (κ2) is 5.76. The lowest BCUT2D eigenvalue weighted by molar-refractivity contribution is 1.04. The number of hydrogen-bond donors (Lipinski definition) is 1. The summed E-state index contributed by atoms with van der Waals surface area (Å²) in [5, 5.41) is 12.5. The Morgan fingerprint density at radius 1 is 1.24 bits per heavy atom. The van der Waals surface area contributed by atoms with Crippen LogP contribution in [0.15, 0.2) is 30.3 Å². The monoisotopic (exact) mass is 276 g/mol. The zero-order valence-corrected chi connectivity index (χ0v) is 11.9. The van der Waals surface area contributed by atoms with E-state index in [2.05, 4.69) is 21.4 Å². The lowest BCUT2D eigenvalue weighted by atomic mass is 10.1. The molecule has 104 valence electrons. The lowest BCUT2D eigenvalue weighted by Gasteiger charge is -2.05. The van der Waals surface area contributed by atoms with Crippen molar-refractivity contribution in [3.63, 3.8) is 0 Å². The second-order valence-electron chi connectivity index (χ2n) is 5.20. The summed E-state index contributed by atoms with van der Waals surface area (Å²) < 4.78 is 0. The molecule has 1 aliphatic carbocycles. The maximum atomic E-state index is 9.08. The minimum absolute atomic E-state index is 0.565. The summed E-state index contributed by atoms with van der Waals surface area (Å²) in [5.74, 6) is 1.53. The molecule has 1 aliphatic rings. The molecule has 1 fully saturated rings. The van der Waals surface area contributed by atoms with Crippen molar-refractivity contribution in [1.82, 2.24) is 9.97 Å². The fraction of sp³-hybridized carbons (Fsp3) is 0.235. The minimum Gasteiger partial charge on any atom is -0.367 e. The highest BCUT2D eigenvalue weighted by atomic mass is 15.1. The van der Waals surface area contributed by atoms with Gasteiger partial charge in [-0.1, -0.05) is 18.2 Å². The van der Waals surface area contributed by atoms with Gasteiger partial charge in [0.2, 0.25) is 0 Å². The molecule has 0 spiro atoms. The molecule has 3 rings (SSSR count). The number of rotatable bonds is 4. The molecule has 0 unspecified atom stereocenters. The highest BCUT2D eigenvalue weighted by Gasteiger charge is 2.21. The summed E-state index contributed by atoms with van der Waals surface area (Å²) in [4.78, 5) is 8.90. The summed E-state index contributed by atoms with van der Waals surface area (Å²) in [6.07, 6.45) is 6.16. The van der Waals surface area contributed by atoms with Crippen LogP contribution in [0.25, 0.3) is 12.2 Å². The van der Waals surface area contributed by atoms with E-state index in [9.17, 15) is 0 Å². The highest BCUT2D eigenvalue weighted by molar-refractivity contribution is 5.70. The Balaban J connectivity index is 1.85. The van der Waals surface area contributed by atoms with E-state index in [1.54, 1.807) is 6.07 Å². The summed E-state index contributed by atoms with van der Waals surface area (Å²) in [5.41, 5.74) is 2.46. The molecule has 1 saturated carbocycles. The Bertz CT molecular complexity index is 724. The van der Waals surface area contributed by atoms with Gasteiger partial charge in [0, 0.05) is 17.8 Å². The van der Waals surface area contributed by atoms with Gasteiger partial charge >= 0.3 is 0 Å². The van der Waals surface area contributed by atoms with Gasteiger partial charge in [0.1, 0.15) is 5.82 Å². The topological polar surface area (TPSA) is 61.6 Å². The summed E-state index contributed by atoms with van der Waals surface area (Å²) in [6, 6.07) is 12.2. The molecule has 4 heteroatoms. The van der Waals surface area contributed by atoms with Crippen LogP contribution in [0.4, 0.5) is 5.82 Å². The zero-order valence-electron chi connectivity index (χ0n) is 11.9. The third-order valence-electron chi connectivity index (χ3n) is 3.29. The van der Waals surface area contributed by atoms with E-state index in [0.29, 0.717) is 17.4 Å². The largest absolute Gasteiger partial charge is 0.367 e. The Morgan fingerprint density at radius 2 is 2.05 bits per heavy atom. The van der Waals surface area contributed by atoms with Crippen LogP contribution in [-0.4, -0.2) is 16.0 Å². The Morgan fingerprint density at radius 3 is 2.81 bits per heavy atom. The highest BCUT2D eigenvalue weighted by Crippen LogP contribution is 2.24. The van der Waals surface area contributed by atoms with Crippen molar-refractivity contribution >= 4 is 18.0 Å². The van der Waals surface area contributed by atoms with Crippen LogP contribution in [-0.2, 0) is 0 Å². The van der Waals surface area contributed by atoms with Gasteiger partial charge in [-0.05, 0) is 43.5 Å². The number of nitrogens with zero attached hydrogens (tertiary/aromatic N) is 3. The quantitative estimate of drug-likeness (QED) is 0.929. The van der Waals surface area contributed by atoms with Crippen molar-refractivity contribution in [2.45, 2.75) is 25.8 Å². The Kier molecular flexibility index (Phi) is 3.65. The van der Waals surface area contributed by atoms with Crippen molar-refractivity contribution in [2.24, 2.45) is 0 Å². The minimum atomic E-state index is 0.565. The molecule has 1 heterocycles. The van der Waals surface area contributed by atoms with E-state index in [4.69, 9.17) is 5.26 Å². The molecule has 4 nitrogen and oxygen atoms in total. The van der Waals surface area contributed by atoms with Gasteiger partial charge in [0.05, 0.1) is 11.6 Å². The maximum Gasteiger partial charge on any atom is 0.154 e. The molecule has 1 N–H and O–H groups in total. The predicted octanol–water partition coefficient (Wildman–Crippen LogP) is 3.40. The van der Waals surface area contributed by atoms with E-state index in [1.165, 1.54) is 12.8 Å². The molecule has 1 aromatic heterocycles. The number of hydrogen-bond acceptors (Lipinski definition) is 4. The number of benzene rings is 1. The second-order valence-corrected chi connectivity index (χ2v) is 5.20. The summed E-state index contributed by atoms with van der Waals surface area (Å²) >= 11 is 0. The van der Waals surface area contributed by atoms with Crippen molar-refractivity contribution in [2.75, 3.05) is 5.32 Å². The van der Waals surface area contributed by atoms with E-state index in [-0.39, 0.29) is 0 Å². The molecule has 21 heavy (non-hydrogen) atoms. The van der Waals surface area contributed by atoms with Crippen molar-refractivity contribution in [3.05, 3.63) is 53.0 Å². The standard InChI is InChI=1S/C17H16N4/c1-12-10-17(20-15-7-8-15)21-16(19-12)9-6-13-4-2-3-5-14(13)11-18/h2-6,9-10,15H,7-8H2,1H3,(H,19,20,21)/b9-6+. The van der Waals surface area contributed by atoms with Crippen LogP contribution in [0.3, 0.4) is 0 Å². The van der Waals surface area contributed by atoms with Gasteiger partial charge in [0.15, 0.2) is 5.82 Å². The van der Waals surface area contributed by atoms with Gasteiger partial charge in [-0.25, -0.2) is 9.97 Å². The zero-order chi connectivity index (χ0) is 14.7. The smallest absolute Gasteiger partial charge is 0.154 e. The fourth-order valence-electron chi connectivity index (χ4n) is 2.09. The average Bonchev–Trinajstić information content (AvgIpc) is 3.29. The first-order valence-electron chi connectivity index (χ1n) is 7.04.